The van der Waals surface area contributed by atoms with Crippen molar-refractivity contribution in [1.29, 1.82) is 0 Å². The monoisotopic (exact) mass is 168 g/mol. The lowest BCUT2D eigenvalue weighted by molar-refractivity contribution is 0.269. The van der Waals surface area contributed by atoms with E-state index in [0.29, 0.717) is 0 Å². The highest BCUT2D eigenvalue weighted by atomic mass is 15.3. The Labute approximate surface area is 75.8 Å². The molecule has 0 radical (unpaired) electrons. The second kappa shape index (κ2) is 5.07. The van der Waals surface area contributed by atoms with Crippen LogP contribution in [0.15, 0.2) is 12.4 Å². The van der Waals surface area contributed by atoms with Crippen molar-refractivity contribution < 1.29 is 0 Å². The van der Waals surface area contributed by atoms with E-state index < -0.39 is 0 Å². The third kappa shape index (κ3) is 2.76. The molecule has 1 heterocycles. The van der Waals surface area contributed by atoms with Crippen LogP contribution < -0.4 is 0 Å². The van der Waals surface area contributed by atoms with Crippen LogP contribution >= 0.6 is 0 Å². The van der Waals surface area contributed by atoms with Crippen molar-refractivity contribution in [2.75, 3.05) is 19.8 Å². The summed E-state index contributed by atoms with van der Waals surface area (Å²) in [6.45, 7) is 7.89. The van der Waals surface area contributed by atoms with E-state index >= 15 is 0 Å². The molecule has 0 unspecified atom stereocenters. The van der Waals surface area contributed by atoms with Gasteiger partial charge in [0.1, 0.15) is 0 Å². The molecule has 0 saturated heterocycles. The minimum atomic E-state index is 1.10. The van der Waals surface area contributed by atoms with E-state index in [-0.39, 0.29) is 0 Å². The first-order chi connectivity index (χ1) is 5.86. The summed E-state index contributed by atoms with van der Waals surface area (Å²) in [6, 6.07) is 0. The minimum Gasteiger partial charge on any atom is -0.359 e. The quantitative estimate of drug-likeness (QED) is 0.581. The molecule has 12 heavy (non-hydrogen) atoms. The average molecular weight is 168 g/mol. The first kappa shape index (κ1) is 9.43. The van der Waals surface area contributed by atoms with Crippen molar-refractivity contribution >= 4 is 0 Å². The molecule has 70 valence electrons. The maximum Gasteiger partial charge on any atom is 0.0893 e. The summed E-state index contributed by atoms with van der Waals surface area (Å²) >= 11 is 0. The normalized spacial score (nSPS) is 16.2. The molecule has 1 aliphatic rings. The Kier molecular flexibility index (Phi) is 3.98. The Bertz CT molecular complexity index is 143. The minimum absolute atomic E-state index is 1.10. The molecule has 0 amide bonds. The lowest BCUT2D eigenvalue weighted by Gasteiger charge is -2.19. The zero-order chi connectivity index (χ0) is 8.81. The fraction of sp³-hybridized carbons (Fsp3) is 0.800. The third-order valence-electron chi connectivity index (χ3n) is 2.31. The zero-order valence-electron chi connectivity index (χ0n) is 8.29. The van der Waals surface area contributed by atoms with Gasteiger partial charge in [-0.15, -0.1) is 0 Å². The predicted octanol–water partition coefficient (Wildman–Crippen LogP) is 2.24. The van der Waals surface area contributed by atoms with Gasteiger partial charge in [0.25, 0.3) is 0 Å². The Morgan fingerprint density at radius 1 is 1.08 bits per heavy atom. The van der Waals surface area contributed by atoms with Crippen LogP contribution in [-0.2, 0) is 0 Å². The molecular formula is C10H20N2. The van der Waals surface area contributed by atoms with Crippen molar-refractivity contribution in [1.82, 2.24) is 9.80 Å². The molecule has 0 aromatic carbocycles. The van der Waals surface area contributed by atoms with Gasteiger partial charge in [0.15, 0.2) is 0 Å². The maximum atomic E-state index is 2.39. The summed E-state index contributed by atoms with van der Waals surface area (Å²) < 4.78 is 0. The molecule has 0 fully saturated rings. The van der Waals surface area contributed by atoms with Gasteiger partial charge in [-0.05, 0) is 13.3 Å². The van der Waals surface area contributed by atoms with Gasteiger partial charge in [-0.1, -0.05) is 19.8 Å². The Morgan fingerprint density at radius 2 is 1.83 bits per heavy atom. The molecule has 0 aromatic heterocycles. The molecule has 1 rings (SSSR count). The number of hydrogen-bond donors (Lipinski definition) is 0. The predicted molar refractivity (Wildman–Crippen MR) is 52.6 cm³/mol. The molecule has 0 atom stereocenters. The van der Waals surface area contributed by atoms with E-state index in [1.807, 2.05) is 0 Å². The van der Waals surface area contributed by atoms with Crippen molar-refractivity contribution in [3.8, 4) is 0 Å². The van der Waals surface area contributed by atoms with Gasteiger partial charge in [0.2, 0.25) is 0 Å². The Morgan fingerprint density at radius 3 is 2.42 bits per heavy atom. The van der Waals surface area contributed by atoms with Crippen LogP contribution in [-0.4, -0.2) is 29.6 Å². The summed E-state index contributed by atoms with van der Waals surface area (Å²) in [4.78, 5) is 4.71. The Hall–Kier alpha value is -0.660. The lowest BCUT2D eigenvalue weighted by atomic mass is 10.2. The fourth-order valence-corrected chi connectivity index (χ4v) is 1.43. The summed E-state index contributed by atoms with van der Waals surface area (Å²) in [5, 5.41) is 0. The molecular weight excluding hydrogens is 148 g/mol. The van der Waals surface area contributed by atoms with Gasteiger partial charge in [0, 0.05) is 25.5 Å². The van der Waals surface area contributed by atoms with Crippen LogP contribution in [0, 0.1) is 0 Å². The van der Waals surface area contributed by atoms with Gasteiger partial charge < -0.3 is 9.80 Å². The molecule has 2 heteroatoms. The van der Waals surface area contributed by atoms with E-state index in [1.54, 1.807) is 0 Å². The summed E-state index contributed by atoms with van der Waals surface area (Å²) in [7, 11) is 0. The fourth-order valence-electron chi connectivity index (χ4n) is 1.43. The average Bonchev–Trinajstić information content (AvgIpc) is 2.53. The number of nitrogens with zero attached hydrogens (tertiary/aromatic N) is 2. The molecule has 0 aromatic rings. The molecule has 2 nitrogen and oxygen atoms in total. The Balaban J connectivity index is 2.08. The van der Waals surface area contributed by atoms with Crippen LogP contribution in [0.4, 0.5) is 0 Å². The van der Waals surface area contributed by atoms with Crippen LogP contribution in [0.1, 0.15) is 33.1 Å². The molecule has 0 bridgehead atoms. The smallest absolute Gasteiger partial charge is 0.0893 e. The summed E-state index contributed by atoms with van der Waals surface area (Å²) in [6.07, 6.45) is 8.40. The van der Waals surface area contributed by atoms with Crippen molar-refractivity contribution in [3.63, 3.8) is 0 Å². The largest absolute Gasteiger partial charge is 0.359 e. The maximum absolute atomic E-state index is 2.39. The van der Waals surface area contributed by atoms with Gasteiger partial charge in [-0.2, -0.15) is 0 Å². The van der Waals surface area contributed by atoms with Crippen LogP contribution in [0.2, 0.25) is 0 Å². The molecule has 1 aliphatic heterocycles. The van der Waals surface area contributed by atoms with Gasteiger partial charge in [-0.3, -0.25) is 0 Å². The van der Waals surface area contributed by atoms with Crippen molar-refractivity contribution in [2.45, 2.75) is 33.1 Å². The molecule has 0 aliphatic carbocycles. The van der Waals surface area contributed by atoms with E-state index in [0.717, 1.165) is 13.2 Å². The van der Waals surface area contributed by atoms with Crippen LogP contribution in [0.5, 0.6) is 0 Å². The molecule has 0 N–H and O–H groups in total. The molecule has 0 saturated carbocycles. The highest BCUT2D eigenvalue weighted by Gasteiger charge is 2.08. The second-order valence-corrected chi connectivity index (χ2v) is 3.36. The number of unbranched alkanes of at least 4 members (excludes halogenated alkanes) is 2. The highest BCUT2D eigenvalue weighted by Crippen LogP contribution is 2.07. The van der Waals surface area contributed by atoms with E-state index in [9.17, 15) is 0 Å². The van der Waals surface area contributed by atoms with Gasteiger partial charge in [-0.25, -0.2) is 0 Å². The zero-order valence-corrected chi connectivity index (χ0v) is 8.29. The number of rotatable bonds is 5. The van der Waals surface area contributed by atoms with Crippen molar-refractivity contribution in [3.05, 3.63) is 12.4 Å². The first-order valence-electron chi connectivity index (χ1n) is 5.03. The third-order valence-corrected chi connectivity index (χ3v) is 2.31. The van der Waals surface area contributed by atoms with E-state index in [4.69, 9.17) is 0 Å². The lowest BCUT2D eigenvalue weighted by Crippen LogP contribution is -2.25. The molecule has 0 spiro atoms. The summed E-state index contributed by atoms with van der Waals surface area (Å²) in [5.74, 6) is 0. The SMILES string of the molecule is CCCCCN1C=CN(CC)C1. The first-order valence-corrected chi connectivity index (χ1v) is 5.03. The second-order valence-electron chi connectivity index (χ2n) is 3.36. The van der Waals surface area contributed by atoms with Gasteiger partial charge >= 0.3 is 0 Å². The van der Waals surface area contributed by atoms with Gasteiger partial charge in [0.05, 0.1) is 6.67 Å². The summed E-state index contributed by atoms with van der Waals surface area (Å²) in [5.41, 5.74) is 0. The van der Waals surface area contributed by atoms with E-state index in [1.165, 1.54) is 25.8 Å². The van der Waals surface area contributed by atoms with E-state index in [2.05, 4.69) is 36.0 Å². The number of hydrogen-bond acceptors (Lipinski definition) is 2. The standard InChI is InChI=1S/C10H20N2/c1-3-5-6-7-12-9-8-11(4-2)10-12/h8-9H,3-7,10H2,1-2H3. The van der Waals surface area contributed by atoms with Crippen LogP contribution in [0.25, 0.3) is 0 Å². The van der Waals surface area contributed by atoms with Crippen LogP contribution in [0.3, 0.4) is 0 Å². The topological polar surface area (TPSA) is 6.48 Å². The van der Waals surface area contributed by atoms with Crippen molar-refractivity contribution in [2.24, 2.45) is 0 Å². The highest BCUT2D eigenvalue weighted by molar-refractivity contribution is 4.89.